The molecular weight excluding hydrogens is 294 g/mol. The van der Waals surface area contributed by atoms with Gasteiger partial charge in [0.1, 0.15) is 4.70 Å². The van der Waals surface area contributed by atoms with E-state index in [1.807, 2.05) is 18.4 Å². The maximum Gasteiger partial charge on any atom is 0.272 e. The van der Waals surface area contributed by atoms with Crippen LogP contribution in [-0.2, 0) is 11.3 Å². The maximum absolute atomic E-state index is 12.3. The number of nitrogens with zero attached hydrogens (tertiary/aromatic N) is 2. The Balaban J connectivity index is 2.22. The number of amides is 1. The predicted molar refractivity (Wildman–Crippen MR) is 83.5 cm³/mol. The van der Waals surface area contributed by atoms with Crippen LogP contribution >= 0.6 is 23.1 Å². The summed E-state index contributed by atoms with van der Waals surface area (Å²) >= 11 is 2.66. The Kier molecular flexibility index (Phi) is 4.97. The van der Waals surface area contributed by atoms with Gasteiger partial charge in [-0.3, -0.25) is 14.2 Å². The van der Waals surface area contributed by atoms with Crippen molar-refractivity contribution < 1.29 is 4.79 Å². The predicted octanol–water partition coefficient (Wildman–Crippen LogP) is 1.87. The quantitative estimate of drug-likeness (QED) is 0.503. The van der Waals surface area contributed by atoms with E-state index in [1.54, 1.807) is 10.6 Å². The average molecular weight is 309 g/mol. The second-order valence-corrected chi connectivity index (χ2v) is 5.82. The van der Waals surface area contributed by atoms with Gasteiger partial charge in [-0.15, -0.1) is 17.9 Å². The van der Waals surface area contributed by atoms with Crippen LogP contribution in [0.2, 0.25) is 0 Å². The highest BCUT2D eigenvalue weighted by Crippen LogP contribution is 2.20. The Hall–Kier alpha value is -1.60. The van der Waals surface area contributed by atoms with E-state index >= 15 is 0 Å². The van der Waals surface area contributed by atoms with Gasteiger partial charge in [0.25, 0.3) is 5.56 Å². The third-order valence-corrected chi connectivity index (χ3v) is 4.49. The number of carbonyl (C=O) groups is 1. The first-order chi connectivity index (χ1) is 9.67. The SMILES string of the molecule is C=CCNC(=O)CSc1nc2ccsc2c(=O)n1CC. The molecule has 0 aromatic carbocycles. The Morgan fingerprint density at radius 3 is 3.15 bits per heavy atom. The Morgan fingerprint density at radius 2 is 2.45 bits per heavy atom. The molecule has 1 N–H and O–H groups in total. The topological polar surface area (TPSA) is 64.0 Å². The minimum absolute atomic E-state index is 0.0403. The second-order valence-electron chi connectivity index (χ2n) is 3.96. The minimum atomic E-state index is -0.0998. The molecule has 1 amide bonds. The zero-order valence-electron chi connectivity index (χ0n) is 11.1. The number of thiophene rings is 1. The van der Waals surface area contributed by atoms with Crippen molar-refractivity contribution in [1.29, 1.82) is 0 Å². The van der Waals surface area contributed by atoms with Crippen LogP contribution in [0.15, 0.2) is 34.1 Å². The fraction of sp³-hybridized carbons (Fsp3) is 0.308. The van der Waals surface area contributed by atoms with Gasteiger partial charge in [-0.1, -0.05) is 17.8 Å². The normalized spacial score (nSPS) is 10.7. The van der Waals surface area contributed by atoms with E-state index in [4.69, 9.17) is 0 Å². The number of nitrogens with one attached hydrogen (secondary N) is 1. The van der Waals surface area contributed by atoms with Gasteiger partial charge in [0, 0.05) is 13.1 Å². The molecule has 0 saturated heterocycles. The van der Waals surface area contributed by atoms with Crippen molar-refractivity contribution in [2.45, 2.75) is 18.6 Å². The smallest absolute Gasteiger partial charge is 0.272 e. The molecule has 2 heterocycles. The van der Waals surface area contributed by atoms with Crippen LogP contribution in [-0.4, -0.2) is 27.8 Å². The highest BCUT2D eigenvalue weighted by atomic mass is 32.2. The molecule has 0 aliphatic rings. The molecule has 0 atom stereocenters. The molecule has 0 unspecified atom stereocenters. The van der Waals surface area contributed by atoms with E-state index in [0.717, 1.165) is 0 Å². The fourth-order valence-corrected chi connectivity index (χ4v) is 3.35. The van der Waals surface area contributed by atoms with E-state index in [9.17, 15) is 9.59 Å². The fourth-order valence-electron chi connectivity index (χ4n) is 1.68. The molecule has 106 valence electrons. The van der Waals surface area contributed by atoms with Crippen molar-refractivity contribution >= 4 is 39.2 Å². The van der Waals surface area contributed by atoms with Crippen molar-refractivity contribution in [3.63, 3.8) is 0 Å². The van der Waals surface area contributed by atoms with E-state index in [2.05, 4.69) is 16.9 Å². The first-order valence-corrected chi connectivity index (χ1v) is 8.02. The molecule has 7 heteroatoms. The monoisotopic (exact) mass is 309 g/mol. The van der Waals surface area contributed by atoms with Crippen molar-refractivity contribution in [2.75, 3.05) is 12.3 Å². The lowest BCUT2D eigenvalue weighted by molar-refractivity contribution is -0.118. The molecule has 20 heavy (non-hydrogen) atoms. The Labute approximate surface area is 124 Å². The number of aromatic nitrogens is 2. The second kappa shape index (κ2) is 6.71. The molecule has 0 spiro atoms. The van der Waals surface area contributed by atoms with Gasteiger partial charge in [0.05, 0.1) is 11.3 Å². The zero-order chi connectivity index (χ0) is 14.5. The van der Waals surface area contributed by atoms with E-state index < -0.39 is 0 Å². The summed E-state index contributed by atoms with van der Waals surface area (Å²) in [6.45, 7) is 6.41. The van der Waals surface area contributed by atoms with Crippen LogP contribution in [0.5, 0.6) is 0 Å². The summed E-state index contributed by atoms with van der Waals surface area (Å²) in [5.41, 5.74) is 0.653. The summed E-state index contributed by atoms with van der Waals surface area (Å²) < 4.78 is 2.26. The summed E-state index contributed by atoms with van der Waals surface area (Å²) in [4.78, 5) is 28.3. The molecule has 2 aromatic rings. The molecule has 0 saturated carbocycles. The lowest BCUT2D eigenvalue weighted by atomic mass is 10.5. The van der Waals surface area contributed by atoms with Crippen molar-refractivity contribution in [3.05, 3.63) is 34.5 Å². The molecular formula is C13H15N3O2S2. The zero-order valence-corrected chi connectivity index (χ0v) is 12.7. The van der Waals surface area contributed by atoms with E-state index in [0.29, 0.717) is 28.5 Å². The Morgan fingerprint density at radius 1 is 1.65 bits per heavy atom. The Bertz CT molecular complexity index is 690. The average Bonchev–Trinajstić information content (AvgIpc) is 2.91. The minimum Gasteiger partial charge on any atom is -0.352 e. The summed E-state index contributed by atoms with van der Waals surface area (Å²) in [5.74, 6) is 0.132. The molecule has 0 bridgehead atoms. The maximum atomic E-state index is 12.3. The number of hydrogen-bond donors (Lipinski definition) is 1. The molecule has 2 rings (SSSR count). The number of rotatable bonds is 6. The lowest BCUT2D eigenvalue weighted by Crippen LogP contribution is -2.26. The standard InChI is InChI=1S/C13H15N3O2S2/c1-3-6-14-10(17)8-20-13-15-9-5-7-19-11(9)12(18)16(13)4-2/h3,5,7H,1,4,6,8H2,2H3,(H,14,17). The van der Waals surface area contributed by atoms with Gasteiger partial charge in [-0.2, -0.15) is 0 Å². The van der Waals surface area contributed by atoms with Crippen molar-refractivity contribution in [2.24, 2.45) is 0 Å². The van der Waals surface area contributed by atoms with E-state index in [1.165, 1.54) is 23.1 Å². The van der Waals surface area contributed by atoms with Gasteiger partial charge in [0.15, 0.2) is 5.16 Å². The van der Waals surface area contributed by atoms with Gasteiger partial charge in [-0.05, 0) is 18.4 Å². The van der Waals surface area contributed by atoms with Crippen LogP contribution in [0.4, 0.5) is 0 Å². The lowest BCUT2D eigenvalue weighted by Gasteiger charge is -2.09. The number of thioether (sulfide) groups is 1. The van der Waals surface area contributed by atoms with E-state index in [-0.39, 0.29) is 17.2 Å². The van der Waals surface area contributed by atoms with Crippen LogP contribution in [0, 0.1) is 0 Å². The summed E-state index contributed by atoms with van der Waals surface area (Å²) in [5, 5.41) is 5.13. The van der Waals surface area contributed by atoms with Crippen LogP contribution in [0.3, 0.4) is 0 Å². The number of fused-ring (bicyclic) bond motifs is 1. The largest absolute Gasteiger partial charge is 0.352 e. The van der Waals surface area contributed by atoms with Gasteiger partial charge < -0.3 is 5.32 Å². The molecule has 5 nitrogen and oxygen atoms in total. The third-order valence-electron chi connectivity index (χ3n) is 2.62. The summed E-state index contributed by atoms with van der Waals surface area (Å²) in [7, 11) is 0. The van der Waals surface area contributed by atoms with Crippen molar-refractivity contribution in [3.8, 4) is 0 Å². The third kappa shape index (κ3) is 3.10. The van der Waals surface area contributed by atoms with Gasteiger partial charge >= 0.3 is 0 Å². The first kappa shape index (κ1) is 14.8. The molecule has 0 aliphatic heterocycles. The number of hydrogen-bond acceptors (Lipinski definition) is 5. The summed E-state index contributed by atoms with van der Waals surface area (Å²) in [6, 6.07) is 1.82. The van der Waals surface area contributed by atoms with Crippen LogP contribution < -0.4 is 10.9 Å². The highest BCUT2D eigenvalue weighted by Gasteiger charge is 2.12. The molecule has 2 aromatic heterocycles. The van der Waals surface area contributed by atoms with Gasteiger partial charge in [-0.25, -0.2) is 4.98 Å². The van der Waals surface area contributed by atoms with Crippen molar-refractivity contribution in [1.82, 2.24) is 14.9 Å². The number of carbonyl (C=O) groups excluding carboxylic acids is 1. The molecule has 0 aliphatic carbocycles. The van der Waals surface area contributed by atoms with Gasteiger partial charge in [0.2, 0.25) is 5.91 Å². The summed E-state index contributed by atoms with van der Waals surface area (Å²) in [6.07, 6.45) is 1.63. The molecule has 0 fully saturated rings. The van der Waals surface area contributed by atoms with Crippen LogP contribution in [0.25, 0.3) is 10.2 Å². The van der Waals surface area contributed by atoms with Crippen LogP contribution in [0.1, 0.15) is 6.92 Å². The molecule has 0 radical (unpaired) electrons. The first-order valence-electron chi connectivity index (χ1n) is 6.15. The highest BCUT2D eigenvalue weighted by molar-refractivity contribution is 7.99.